The van der Waals surface area contributed by atoms with Crippen molar-refractivity contribution < 1.29 is 5.11 Å². The molecular weight excluding hydrogens is 280 g/mol. The topological polar surface area (TPSA) is 46.2 Å². The molecule has 2 rings (SSSR count). The molecule has 2 aromatic rings. The normalized spacial score (nSPS) is 9.76. The minimum atomic E-state index is 0. The van der Waals surface area contributed by atoms with Crippen LogP contribution in [-0.4, -0.2) is 5.11 Å². The molecule has 0 aliphatic carbocycles. The maximum atomic E-state index is 9.76. The van der Waals surface area contributed by atoms with Gasteiger partial charge in [-0.25, -0.2) is 0 Å². The largest absolute Gasteiger partial charge is 0.507 e. The summed E-state index contributed by atoms with van der Waals surface area (Å²) in [4.78, 5) is 0. The van der Waals surface area contributed by atoms with Gasteiger partial charge >= 0.3 is 0 Å². The third-order valence-electron chi connectivity index (χ3n) is 2.20. The molecule has 2 nitrogen and oxygen atoms in total. The van der Waals surface area contributed by atoms with Crippen LogP contribution in [0.2, 0.25) is 10.0 Å². The van der Waals surface area contributed by atoms with E-state index in [0.29, 0.717) is 21.3 Å². The van der Waals surface area contributed by atoms with Crippen LogP contribution in [-0.2, 0) is 0 Å². The Bertz CT molecular complexity index is 523. The average molecular weight is 291 g/mol. The first-order valence-electron chi connectivity index (χ1n) is 4.61. The van der Waals surface area contributed by atoms with Crippen molar-refractivity contribution in [3.63, 3.8) is 0 Å². The maximum absolute atomic E-state index is 9.76. The lowest BCUT2D eigenvalue weighted by Crippen LogP contribution is -1.85. The predicted octanol–water partition coefficient (Wildman–Crippen LogP) is 4.37. The molecular formula is C12H10Cl3NO. The van der Waals surface area contributed by atoms with E-state index in [1.165, 1.54) is 6.07 Å². The zero-order valence-corrected chi connectivity index (χ0v) is 11.0. The van der Waals surface area contributed by atoms with Gasteiger partial charge in [0.1, 0.15) is 5.75 Å². The summed E-state index contributed by atoms with van der Waals surface area (Å²) in [6, 6.07) is 10.0. The number of nitrogens with two attached hydrogens (primary N) is 1. The summed E-state index contributed by atoms with van der Waals surface area (Å²) in [6.45, 7) is 0. The van der Waals surface area contributed by atoms with E-state index in [2.05, 4.69) is 0 Å². The summed E-state index contributed by atoms with van der Waals surface area (Å²) >= 11 is 11.8. The Morgan fingerprint density at radius 1 is 0.941 bits per heavy atom. The van der Waals surface area contributed by atoms with Gasteiger partial charge in [-0.1, -0.05) is 23.2 Å². The Morgan fingerprint density at radius 3 is 2.06 bits per heavy atom. The van der Waals surface area contributed by atoms with Crippen LogP contribution in [0.3, 0.4) is 0 Å². The van der Waals surface area contributed by atoms with Gasteiger partial charge in [0, 0.05) is 27.4 Å². The molecule has 0 unspecified atom stereocenters. The first-order valence-corrected chi connectivity index (χ1v) is 5.37. The van der Waals surface area contributed by atoms with Gasteiger partial charge in [-0.3, -0.25) is 0 Å². The van der Waals surface area contributed by atoms with Crippen LogP contribution >= 0.6 is 35.6 Å². The molecule has 2 aromatic carbocycles. The number of phenols is 1. The molecule has 0 aliphatic heterocycles. The van der Waals surface area contributed by atoms with E-state index < -0.39 is 0 Å². The van der Waals surface area contributed by atoms with Crippen molar-refractivity contribution in [2.75, 3.05) is 5.73 Å². The third-order valence-corrected chi connectivity index (χ3v) is 2.63. The van der Waals surface area contributed by atoms with Crippen LogP contribution < -0.4 is 5.73 Å². The molecule has 90 valence electrons. The second-order valence-corrected chi connectivity index (χ2v) is 4.31. The number of halogens is 3. The minimum Gasteiger partial charge on any atom is -0.507 e. The lowest BCUT2D eigenvalue weighted by atomic mass is 10.0. The van der Waals surface area contributed by atoms with Crippen molar-refractivity contribution in [1.29, 1.82) is 0 Å². The lowest BCUT2D eigenvalue weighted by Gasteiger charge is -2.06. The number of nitrogen functional groups attached to an aromatic ring is 1. The van der Waals surface area contributed by atoms with E-state index in [-0.39, 0.29) is 18.2 Å². The molecule has 0 radical (unpaired) electrons. The molecule has 0 saturated carbocycles. The number of benzene rings is 2. The molecule has 0 heterocycles. The molecule has 0 spiro atoms. The van der Waals surface area contributed by atoms with E-state index in [0.717, 1.165) is 5.56 Å². The second-order valence-electron chi connectivity index (χ2n) is 3.43. The second kappa shape index (κ2) is 5.50. The number of hydrogen-bond acceptors (Lipinski definition) is 2. The highest BCUT2D eigenvalue weighted by Gasteiger charge is 2.06. The fourth-order valence-electron chi connectivity index (χ4n) is 1.50. The van der Waals surface area contributed by atoms with Crippen molar-refractivity contribution in [3.05, 3.63) is 46.4 Å². The number of aromatic hydroxyl groups is 1. The Hall–Kier alpha value is -1.09. The van der Waals surface area contributed by atoms with Gasteiger partial charge < -0.3 is 10.8 Å². The third kappa shape index (κ3) is 3.19. The lowest BCUT2D eigenvalue weighted by molar-refractivity contribution is 0.477. The fraction of sp³-hybridized carbons (Fsp3) is 0. The minimum absolute atomic E-state index is 0. The quantitative estimate of drug-likeness (QED) is 0.766. The van der Waals surface area contributed by atoms with Crippen LogP contribution in [0.1, 0.15) is 0 Å². The van der Waals surface area contributed by atoms with Crippen LogP contribution in [0, 0.1) is 0 Å². The van der Waals surface area contributed by atoms with Crippen LogP contribution in [0.5, 0.6) is 5.75 Å². The molecule has 5 heteroatoms. The highest BCUT2D eigenvalue weighted by molar-refractivity contribution is 6.35. The average Bonchev–Trinajstić information content (AvgIpc) is 2.15. The Morgan fingerprint density at radius 2 is 1.53 bits per heavy atom. The van der Waals surface area contributed by atoms with E-state index in [1.54, 1.807) is 30.3 Å². The predicted molar refractivity (Wildman–Crippen MR) is 75.2 cm³/mol. The molecule has 0 aromatic heterocycles. The van der Waals surface area contributed by atoms with Crippen molar-refractivity contribution in [2.45, 2.75) is 0 Å². The molecule has 0 amide bonds. The molecule has 0 bridgehead atoms. The van der Waals surface area contributed by atoms with Gasteiger partial charge in [-0.05, 0) is 35.9 Å². The molecule has 17 heavy (non-hydrogen) atoms. The zero-order chi connectivity index (χ0) is 11.7. The number of anilines is 1. The Labute approximate surface area is 115 Å². The van der Waals surface area contributed by atoms with E-state index >= 15 is 0 Å². The zero-order valence-electron chi connectivity index (χ0n) is 8.65. The fourth-order valence-corrected chi connectivity index (χ4v) is 2.03. The van der Waals surface area contributed by atoms with Gasteiger partial charge in [0.15, 0.2) is 0 Å². The number of rotatable bonds is 1. The molecule has 0 saturated heterocycles. The standard InChI is InChI=1S/C12H9Cl2NO.ClH/c13-8-3-7(4-9(14)5-8)11-2-1-10(15)6-12(11)16;/h1-6,16H,15H2;1H. The SMILES string of the molecule is Cl.Nc1ccc(-c2cc(Cl)cc(Cl)c2)c(O)c1. The number of phenolic OH excluding ortho intramolecular Hbond substituents is 1. The van der Waals surface area contributed by atoms with Crippen LogP contribution in [0.25, 0.3) is 11.1 Å². The molecule has 0 atom stereocenters. The summed E-state index contributed by atoms with van der Waals surface area (Å²) in [5, 5.41) is 10.8. The van der Waals surface area contributed by atoms with Gasteiger partial charge in [0.05, 0.1) is 0 Å². The van der Waals surface area contributed by atoms with E-state index in [9.17, 15) is 5.11 Å². The summed E-state index contributed by atoms with van der Waals surface area (Å²) in [7, 11) is 0. The molecule has 0 aliphatic rings. The van der Waals surface area contributed by atoms with Gasteiger partial charge in [0.2, 0.25) is 0 Å². The highest BCUT2D eigenvalue weighted by atomic mass is 35.5. The van der Waals surface area contributed by atoms with Crippen molar-refractivity contribution in [3.8, 4) is 16.9 Å². The summed E-state index contributed by atoms with van der Waals surface area (Å²) in [6.07, 6.45) is 0. The smallest absolute Gasteiger partial charge is 0.125 e. The van der Waals surface area contributed by atoms with Crippen molar-refractivity contribution in [2.24, 2.45) is 0 Å². The van der Waals surface area contributed by atoms with Crippen molar-refractivity contribution >= 4 is 41.3 Å². The Balaban J connectivity index is 0.00000144. The maximum Gasteiger partial charge on any atom is 0.125 e. The highest BCUT2D eigenvalue weighted by Crippen LogP contribution is 2.33. The monoisotopic (exact) mass is 289 g/mol. The van der Waals surface area contributed by atoms with Gasteiger partial charge in [-0.15, -0.1) is 12.4 Å². The molecule has 3 N–H and O–H groups in total. The summed E-state index contributed by atoms with van der Waals surface area (Å²) in [5.74, 6) is 0.110. The first-order chi connectivity index (χ1) is 7.56. The first kappa shape index (κ1) is 14.0. The van der Waals surface area contributed by atoms with Crippen LogP contribution in [0.15, 0.2) is 36.4 Å². The molecule has 0 fully saturated rings. The van der Waals surface area contributed by atoms with E-state index in [4.69, 9.17) is 28.9 Å². The van der Waals surface area contributed by atoms with Crippen molar-refractivity contribution in [1.82, 2.24) is 0 Å². The number of hydrogen-bond donors (Lipinski definition) is 2. The summed E-state index contributed by atoms with van der Waals surface area (Å²) < 4.78 is 0. The van der Waals surface area contributed by atoms with E-state index in [1.807, 2.05) is 0 Å². The van der Waals surface area contributed by atoms with Crippen LogP contribution in [0.4, 0.5) is 5.69 Å². The van der Waals surface area contributed by atoms with Gasteiger partial charge in [0.25, 0.3) is 0 Å². The Kier molecular flexibility index (Phi) is 4.52. The van der Waals surface area contributed by atoms with Gasteiger partial charge in [-0.2, -0.15) is 0 Å². The summed E-state index contributed by atoms with van der Waals surface area (Å²) in [5.41, 5.74) is 7.47.